The molecule has 18 heavy (non-hydrogen) atoms. The van der Waals surface area contributed by atoms with Crippen molar-refractivity contribution in [2.75, 3.05) is 0 Å². The standard InChI is InChI=1S/C14H20ClNO2/c1-3-4-5-6-7-11(2)18-13-9-8-12(10-16-13)14(15)17/h8-11H,3-7H2,1-2H3/t11-/m0/s1. The number of pyridine rings is 1. The molecule has 0 unspecified atom stereocenters. The van der Waals surface area contributed by atoms with Gasteiger partial charge in [0.2, 0.25) is 5.88 Å². The maximum Gasteiger partial charge on any atom is 0.253 e. The second-order valence-corrected chi connectivity index (χ2v) is 4.78. The summed E-state index contributed by atoms with van der Waals surface area (Å²) in [4.78, 5) is 14.9. The zero-order valence-electron chi connectivity index (χ0n) is 11.0. The Bertz CT molecular complexity index is 365. The number of hydrogen-bond donors (Lipinski definition) is 0. The number of hydrogen-bond acceptors (Lipinski definition) is 3. The smallest absolute Gasteiger partial charge is 0.253 e. The van der Waals surface area contributed by atoms with Gasteiger partial charge in [0, 0.05) is 12.3 Å². The number of ether oxygens (including phenoxy) is 1. The molecule has 0 fully saturated rings. The maximum atomic E-state index is 10.9. The number of unbranched alkanes of at least 4 members (excludes halogenated alkanes) is 3. The van der Waals surface area contributed by atoms with Crippen LogP contribution < -0.4 is 4.74 Å². The molecule has 1 aromatic heterocycles. The Balaban J connectivity index is 2.35. The highest BCUT2D eigenvalue weighted by Crippen LogP contribution is 2.14. The lowest BCUT2D eigenvalue weighted by molar-refractivity contribution is 0.108. The molecule has 0 saturated carbocycles. The molecule has 0 radical (unpaired) electrons. The lowest BCUT2D eigenvalue weighted by atomic mass is 10.1. The highest BCUT2D eigenvalue weighted by atomic mass is 35.5. The van der Waals surface area contributed by atoms with Crippen molar-refractivity contribution < 1.29 is 9.53 Å². The van der Waals surface area contributed by atoms with E-state index in [4.69, 9.17) is 16.3 Å². The van der Waals surface area contributed by atoms with Crippen LogP contribution in [0.5, 0.6) is 5.88 Å². The molecule has 0 aromatic carbocycles. The van der Waals surface area contributed by atoms with Crippen molar-refractivity contribution >= 4 is 16.8 Å². The lowest BCUT2D eigenvalue weighted by Crippen LogP contribution is -2.12. The zero-order valence-corrected chi connectivity index (χ0v) is 11.7. The van der Waals surface area contributed by atoms with Gasteiger partial charge in [-0.25, -0.2) is 4.98 Å². The molecule has 0 N–H and O–H groups in total. The van der Waals surface area contributed by atoms with E-state index in [1.165, 1.54) is 31.9 Å². The molecule has 0 saturated heterocycles. The molecule has 100 valence electrons. The third kappa shape index (κ3) is 5.50. The summed E-state index contributed by atoms with van der Waals surface area (Å²) in [7, 11) is 0. The minimum atomic E-state index is -0.498. The van der Waals surface area contributed by atoms with Crippen LogP contribution in [0.2, 0.25) is 0 Å². The van der Waals surface area contributed by atoms with E-state index in [0.717, 1.165) is 6.42 Å². The third-order valence-electron chi connectivity index (χ3n) is 2.75. The molecule has 0 aliphatic carbocycles. The van der Waals surface area contributed by atoms with Gasteiger partial charge in [-0.3, -0.25) is 4.79 Å². The molecular weight excluding hydrogens is 250 g/mol. The van der Waals surface area contributed by atoms with Crippen LogP contribution in [0.3, 0.4) is 0 Å². The molecular formula is C14H20ClNO2. The average Bonchev–Trinajstić information content (AvgIpc) is 2.35. The van der Waals surface area contributed by atoms with Gasteiger partial charge < -0.3 is 4.74 Å². The maximum absolute atomic E-state index is 10.9. The highest BCUT2D eigenvalue weighted by molar-refractivity contribution is 6.67. The van der Waals surface area contributed by atoms with Gasteiger partial charge in [-0.1, -0.05) is 26.2 Å². The summed E-state index contributed by atoms with van der Waals surface area (Å²) in [6, 6.07) is 3.31. The summed E-state index contributed by atoms with van der Waals surface area (Å²) < 4.78 is 5.66. The van der Waals surface area contributed by atoms with E-state index in [9.17, 15) is 4.79 Å². The van der Waals surface area contributed by atoms with Crippen LogP contribution in [-0.2, 0) is 0 Å². The first-order valence-electron chi connectivity index (χ1n) is 6.46. The largest absolute Gasteiger partial charge is 0.475 e. The predicted molar refractivity (Wildman–Crippen MR) is 73.3 cm³/mol. The van der Waals surface area contributed by atoms with Crippen molar-refractivity contribution in [1.29, 1.82) is 0 Å². The van der Waals surface area contributed by atoms with Gasteiger partial charge in [-0.05, 0) is 37.4 Å². The van der Waals surface area contributed by atoms with Crippen molar-refractivity contribution in [3.63, 3.8) is 0 Å². The quantitative estimate of drug-likeness (QED) is 0.524. The van der Waals surface area contributed by atoms with Crippen LogP contribution in [0, 0.1) is 0 Å². The van der Waals surface area contributed by atoms with E-state index in [-0.39, 0.29) is 6.10 Å². The highest BCUT2D eigenvalue weighted by Gasteiger charge is 2.06. The summed E-state index contributed by atoms with van der Waals surface area (Å²) in [5, 5.41) is -0.498. The Hall–Kier alpha value is -1.09. The topological polar surface area (TPSA) is 39.2 Å². The Kier molecular flexibility index (Phi) is 6.73. The van der Waals surface area contributed by atoms with Crippen molar-refractivity contribution in [2.24, 2.45) is 0 Å². The molecule has 0 amide bonds. The van der Waals surface area contributed by atoms with Gasteiger partial charge in [0.1, 0.15) is 0 Å². The van der Waals surface area contributed by atoms with Gasteiger partial charge in [0.05, 0.1) is 11.7 Å². The fourth-order valence-electron chi connectivity index (χ4n) is 1.69. The molecule has 0 bridgehead atoms. The number of carbonyl (C=O) groups is 1. The molecule has 0 spiro atoms. The second-order valence-electron chi connectivity index (χ2n) is 4.44. The van der Waals surface area contributed by atoms with E-state index < -0.39 is 5.24 Å². The predicted octanol–water partition coefficient (Wildman–Crippen LogP) is 4.20. The zero-order chi connectivity index (χ0) is 13.4. The van der Waals surface area contributed by atoms with Crippen molar-refractivity contribution in [1.82, 2.24) is 4.98 Å². The van der Waals surface area contributed by atoms with Gasteiger partial charge in [-0.15, -0.1) is 0 Å². The minimum Gasteiger partial charge on any atom is -0.475 e. The van der Waals surface area contributed by atoms with E-state index in [1.807, 2.05) is 6.92 Å². The Morgan fingerprint density at radius 1 is 1.39 bits per heavy atom. The summed E-state index contributed by atoms with van der Waals surface area (Å²) in [5.41, 5.74) is 0.389. The van der Waals surface area contributed by atoms with E-state index in [0.29, 0.717) is 11.4 Å². The normalized spacial score (nSPS) is 12.2. The van der Waals surface area contributed by atoms with Crippen LogP contribution in [0.4, 0.5) is 0 Å². The fraction of sp³-hybridized carbons (Fsp3) is 0.571. The summed E-state index contributed by atoms with van der Waals surface area (Å²) in [5.74, 6) is 0.541. The Morgan fingerprint density at radius 3 is 2.72 bits per heavy atom. The first-order chi connectivity index (χ1) is 8.63. The van der Waals surface area contributed by atoms with Crippen molar-refractivity contribution in [3.8, 4) is 5.88 Å². The number of rotatable bonds is 8. The first-order valence-corrected chi connectivity index (χ1v) is 6.83. The molecule has 1 heterocycles. The fourth-order valence-corrected chi connectivity index (χ4v) is 1.80. The van der Waals surface area contributed by atoms with E-state index in [2.05, 4.69) is 11.9 Å². The van der Waals surface area contributed by atoms with Crippen LogP contribution in [0.15, 0.2) is 18.3 Å². The van der Waals surface area contributed by atoms with Crippen molar-refractivity contribution in [2.45, 2.75) is 52.1 Å². The third-order valence-corrected chi connectivity index (χ3v) is 2.97. The van der Waals surface area contributed by atoms with Gasteiger partial charge >= 0.3 is 0 Å². The summed E-state index contributed by atoms with van der Waals surface area (Å²) in [6.07, 6.45) is 7.55. The van der Waals surface area contributed by atoms with Crippen molar-refractivity contribution in [3.05, 3.63) is 23.9 Å². The molecule has 0 aliphatic heterocycles. The Morgan fingerprint density at radius 2 is 2.17 bits per heavy atom. The number of aromatic nitrogens is 1. The number of carbonyl (C=O) groups excluding carboxylic acids is 1. The molecule has 1 aromatic rings. The molecule has 1 atom stereocenters. The van der Waals surface area contributed by atoms with Gasteiger partial charge in [0.25, 0.3) is 5.24 Å². The van der Waals surface area contributed by atoms with Crippen LogP contribution in [0.25, 0.3) is 0 Å². The summed E-state index contributed by atoms with van der Waals surface area (Å²) in [6.45, 7) is 4.23. The molecule has 0 aliphatic rings. The molecule has 4 heteroatoms. The summed E-state index contributed by atoms with van der Waals surface area (Å²) >= 11 is 5.34. The van der Waals surface area contributed by atoms with Gasteiger partial charge in [-0.2, -0.15) is 0 Å². The van der Waals surface area contributed by atoms with Gasteiger partial charge in [0.15, 0.2) is 0 Å². The number of halogens is 1. The second kappa shape index (κ2) is 8.09. The average molecular weight is 270 g/mol. The Labute approximate surface area is 114 Å². The number of nitrogens with zero attached hydrogens (tertiary/aromatic N) is 1. The minimum absolute atomic E-state index is 0.145. The lowest BCUT2D eigenvalue weighted by Gasteiger charge is -2.13. The molecule has 3 nitrogen and oxygen atoms in total. The van der Waals surface area contributed by atoms with E-state index >= 15 is 0 Å². The first kappa shape index (κ1) is 15.0. The van der Waals surface area contributed by atoms with Crippen LogP contribution >= 0.6 is 11.6 Å². The van der Waals surface area contributed by atoms with Crippen LogP contribution in [-0.4, -0.2) is 16.3 Å². The SMILES string of the molecule is CCCCCC[C@H](C)Oc1ccc(C(=O)Cl)cn1. The van der Waals surface area contributed by atoms with Crippen LogP contribution in [0.1, 0.15) is 56.3 Å². The molecule has 1 rings (SSSR count). The van der Waals surface area contributed by atoms with E-state index in [1.54, 1.807) is 12.1 Å². The monoisotopic (exact) mass is 269 g/mol.